The first-order chi connectivity index (χ1) is 7.84. The van der Waals surface area contributed by atoms with E-state index >= 15 is 0 Å². The molecule has 82 valence electrons. The molecule has 16 heavy (non-hydrogen) atoms. The standard InChI is InChI=1S/C12H12N2S2/c15-11(8-3-4-8)10-7-14-12(16-10)9-2-1-5-13-6-9/h1-2,5-8,11,15H,3-4H2. The minimum absolute atomic E-state index is 0.378. The van der Waals surface area contributed by atoms with Gasteiger partial charge in [-0.1, -0.05) is 0 Å². The number of hydrogen-bond donors (Lipinski definition) is 1. The minimum atomic E-state index is 0.378. The lowest BCUT2D eigenvalue weighted by atomic mass is 10.2. The first-order valence-electron chi connectivity index (χ1n) is 5.39. The molecule has 0 N–H and O–H groups in total. The fourth-order valence-electron chi connectivity index (χ4n) is 1.69. The molecular weight excluding hydrogens is 236 g/mol. The monoisotopic (exact) mass is 248 g/mol. The van der Waals surface area contributed by atoms with Gasteiger partial charge in [-0.2, -0.15) is 12.6 Å². The van der Waals surface area contributed by atoms with E-state index in [1.165, 1.54) is 17.7 Å². The lowest BCUT2D eigenvalue weighted by Gasteiger charge is -2.03. The second-order valence-corrected chi connectivity index (χ2v) is 5.71. The Labute approximate surface area is 104 Å². The number of rotatable bonds is 3. The SMILES string of the molecule is SC(c1cnc(-c2cccnc2)s1)C1CC1. The van der Waals surface area contributed by atoms with Crippen molar-refractivity contribution >= 4 is 24.0 Å². The average molecular weight is 248 g/mol. The maximum absolute atomic E-state index is 4.66. The van der Waals surface area contributed by atoms with Gasteiger partial charge in [0, 0.05) is 34.3 Å². The molecule has 4 heteroatoms. The number of thiol groups is 1. The summed E-state index contributed by atoms with van der Waals surface area (Å²) >= 11 is 6.39. The molecule has 0 amide bonds. The average Bonchev–Trinajstić information content (AvgIpc) is 3.07. The fraction of sp³-hybridized carbons (Fsp3) is 0.333. The number of hydrogen-bond acceptors (Lipinski definition) is 4. The summed E-state index contributed by atoms with van der Waals surface area (Å²) in [6.07, 6.45) is 8.22. The summed E-state index contributed by atoms with van der Waals surface area (Å²) in [6.45, 7) is 0. The van der Waals surface area contributed by atoms with Gasteiger partial charge in [-0.05, 0) is 30.9 Å². The first kappa shape index (κ1) is 10.3. The van der Waals surface area contributed by atoms with Gasteiger partial charge in [0.2, 0.25) is 0 Å². The Bertz CT molecular complexity index is 477. The molecule has 0 saturated heterocycles. The van der Waals surface area contributed by atoms with Crippen LogP contribution in [0.15, 0.2) is 30.7 Å². The highest BCUT2D eigenvalue weighted by Gasteiger charge is 2.31. The molecule has 2 aromatic heterocycles. The minimum Gasteiger partial charge on any atom is -0.264 e. The van der Waals surface area contributed by atoms with E-state index in [2.05, 4.69) is 22.6 Å². The summed E-state index contributed by atoms with van der Waals surface area (Å²) in [6, 6.07) is 3.98. The van der Waals surface area contributed by atoms with Crippen molar-refractivity contribution in [2.45, 2.75) is 18.1 Å². The Balaban J connectivity index is 1.87. The Morgan fingerprint density at radius 2 is 2.25 bits per heavy atom. The first-order valence-corrected chi connectivity index (χ1v) is 6.72. The Kier molecular flexibility index (Phi) is 2.69. The lowest BCUT2D eigenvalue weighted by Crippen LogP contribution is -1.87. The molecule has 2 aromatic rings. The summed E-state index contributed by atoms with van der Waals surface area (Å²) in [5.41, 5.74) is 1.09. The molecule has 0 aromatic carbocycles. The molecule has 0 radical (unpaired) electrons. The molecule has 1 atom stereocenters. The summed E-state index contributed by atoms with van der Waals surface area (Å²) in [7, 11) is 0. The van der Waals surface area contributed by atoms with Gasteiger partial charge >= 0.3 is 0 Å². The van der Waals surface area contributed by atoms with Gasteiger partial charge in [0.1, 0.15) is 5.01 Å². The molecule has 2 nitrogen and oxygen atoms in total. The van der Waals surface area contributed by atoms with Crippen molar-refractivity contribution in [1.82, 2.24) is 9.97 Å². The summed E-state index contributed by atoms with van der Waals surface area (Å²) in [4.78, 5) is 9.84. The molecule has 0 spiro atoms. The number of pyridine rings is 1. The van der Waals surface area contributed by atoms with Crippen molar-refractivity contribution in [3.8, 4) is 10.6 Å². The number of nitrogens with zero attached hydrogens (tertiary/aromatic N) is 2. The number of aromatic nitrogens is 2. The van der Waals surface area contributed by atoms with E-state index in [0.29, 0.717) is 5.25 Å². The normalized spacial score (nSPS) is 17.3. The molecule has 1 fully saturated rings. The second kappa shape index (κ2) is 4.18. The van der Waals surface area contributed by atoms with Crippen LogP contribution in [-0.2, 0) is 0 Å². The summed E-state index contributed by atoms with van der Waals surface area (Å²) < 4.78 is 0. The van der Waals surface area contributed by atoms with Gasteiger partial charge < -0.3 is 0 Å². The maximum Gasteiger partial charge on any atom is 0.125 e. The van der Waals surface area contributed by atoms with Crippen molar-refractivity contribution in [1.29, 1.82) is 0 Å². The van der Waals surface area contributed by atoms with Gasteiger partial charge in [0.15, 0.2) is 0 Å². The fourth-order valence-corrected chi connectivity index (χ4v) is 3.20. The zero-order chi connectivity index (χ0) is 11.0. The Hall–Kier alpha value is -0.870. The van der Waals surface area contributed by atoms with Crippen LogP contribution in [0.1, 0.15) is 23.0 Å². The van der Waals surface area contributed by atoms with E-state index in [-0.39, 0.29) is 0 Å². The Morgan fingerprint density at radius 3 is 2.94 bits per heavy atom. The van der Waals surface area contributed by atoms with Crippen molar-refractivity contribution in [2.24, 2.45) is 5.92 Å². The van der Waals surface area contributed by atoms with Gasteiger partial charge in [0.05, 0.1) is 0 Å². The quantitative estimate of drug-likeness (QED) is 0.840. The van der Waals surface area contributed by atoms with Crippen molar-refractivity contribution < 1.29 is 0 Å². The topological polar surface area (TPSA) is 25.8 Å². The highest BCUT2D eigenvalue weighted by atomic mass is 32.1. The second-order valence-electron chi connectivity index (χ2n) is 4.09. The highest BCUT2D eigenvalue weighted by Crippen LogP contribution is 2.46. The van der Waals surface area contributed by atoms with E-state index in [4.69, 9.17) is 0 Å². The zero-order valence-electron chi connectivity index (χ0n) is 8.71. The van der Waals surface area contributed by atoms with Gasteiger partial charge in [-0.25, -0.2) is 4.98 Å². The molecule has 1 saturated carbocycles. The van der Waals surface area contributed by atoms with Crippen LogP contribution in [0.25, 0.3) is 10.6 Å². The molecule has 0 bridgehead atoms. The van der Waals surface area contributed by atoms with Crippen LogP contribution in [0.5, 0.6) is 0 Å². The van der Waals surface area contributed by atoms with E-state index < -0.39 is 0 Å². The van der Waals surface area contributed by atoms with Crippen molar-refractivity contribution in [3.63, 3.8) is 0 Å². The van der Waals surface area contributed by atoms with Gasteiger partial charge in [-0.3, -0.25) is 4.98 Å². The van der Waals surface area contributed by atoms with Crippen LogP contribution >= 0.6 is 24.0 Å². The number of thiazole rings is 1. The molecule has 3 rings (SSSR count). The molecule has 1 aliphatic carbocycles. The Morgan fingerprint density at radius 1 is 1.38 bits per heavy atom. The largest absolute Gasteiger partial charge is 0.264 e. The zero-order valence-corrected chi connectivity index (χ0v) is 10.4. The smallest absolute Gasteiger partial charge is 0.125 e. The predicted octanol–water partition coefficient (Wildman–Crippen LogP) is 3.59. The van der Waals surface area contributed by atoms with Crippen LogP contribution in [0, 0.1) is 5.92 Å². The van der Waals surface area contributed by atoms with Crippen LogP contribution < -0.4 is 0 Å². The van der Waals surface area contributed by atoms with E-state index in [0.717, 1.165) is 16.5 Å². The third kappa shape index (κ3) is 1.99. The maximum atomic E-state index is 4.66. The predicted molar refractivity (Wildman–Crippen MR) is 69.8 cm³/mol. The highest BCUT2D eigenvalue weighted by molar-refractivity contribution is 7.80. The van der Waals surface area contributed by atoms with Crippen molar-refractivity contribution in [2.75, 3.05) is 0 Å². The molecule has 1 unspecified atom stereocenters. The summed E-state index contributed by atoms with van der Waals surface area (Å²) in [5, 5.41) is 1.42. The van der Waals surface area contributed by atoms with Crippen LogP contribution in [0.2, 0.25) is 0 Å². The van der Waals surface area contributed by atoms with E-state index in [1.54, 1.807) is 17.5 Å². The third-order valence-corrected chi connectivity index (χ3v) is 4.80. The van der Waals surface area contributed by atoms with E-state index in [1.807, 2.05) is 24.5 Å². The molecule has 1 aliphatic rings. The molecule has 0 aliphatic heterocycles. The van der Waals surface area contributed by atoms with Crippen molar-refractivity contribution in [3.05, 3.63) is 35.6 Å². The van der Waals surface area contributed by atoms with Gasteiger partial charge in [0.25, 0.3) is 0 Å². The third-order valence-electron chi connectivity index (χ3n) is 2.79. The van der Waals surface area contributed by atoms with Crippen LogP contribution in [0.3, 0.4) is 0 Å². The van der Waals surface area contributed by atoms with Crippen LogP contribution in [-0.4, -0.2) is 9.97 Å². The summed E-state index contributed by atoms with van der Waals surface area (Å²) in [5.74, 6) is 0.769. The lowest BCUT2D eigenvalue weighted by molar-refractivity contribution is 0.826. The van der Waals surface area contributed by atoms with E-state index in [9.17, 15) is 0 Å². The molecule has 2 heterocycles. The van der Waals surface area contributed by atoms with Gasteiger partial charge in [-0.15, -0.1) is 11.3 Å². The molecular formula is C12H12N2S2. The van der Waals surface area contributed by atoms with Crippen LogP contribution in [0.4, 0.5) is 0 Å².